The molecule has 0 aliphatic rings. The van der Waals surface area contributed by atoms with Gasteiger partial charge in [-0.2, -0.15) is 0 Å². The number of aryl methyl sites for hydroxylation is 1. The molecule has 0 bridgehead atoms. The summed E-state index contributed by atoms with van der Waals surface area (Å²) in [6.45, 7) is 0. The predicted molar refractivity (Wildman–Crippen MR) is 98.8 cm³/mol. The van der Waals surface area contributed by atoms with Crippen molar-refractivity contribution in [2.45, 2.75) is 12.8 Å². The van der Waals surface area contributed by atoms with E-state index in [-0.39, 0.29) is 5.91 Å². The molecule has 0 saturated heterocycles. The zero-order valence-corrected chi connectivity index (χ0v) is 14.8. The van der Waals surface area contributed by atoms with Gasteiger partial charge in [-0.3, -0.25) is 9.78 Å². The van der Waals surface area contributed by atoms with E-state index in [9.17, 15) is 4.79 Å². The summed E-state index contributed by atoms with van der Waals surface area (Å²) in [6.07, 6.45) is 4.43. The van der Waals surface area contributed by atoms with Gasteiger partial charge in [0.1, 0.15) is 0 Å². The first-order chi connectivity index (χ1) is 11.6. The SMILES string of the molecule is O=C(CCc1nc(-c2cccnc2)cs1)Nc1ccc(Cl)c(Cl)c1. The molecule has 1 N–H and O–H groups in total. The molecule has 4 nitrogen and oxygen atoms in total. The first-order valence-corrected chi connectivity index (χ1v) is 8.85. The van der Waals surface area contributed by atoms with Gasteiger partial charge in [0.05, 0.1) is 20.7 Å². The van der Waals surface area contributed by atoms with E-state index in [0.717, 1.165) is 16.3 Å². The molecule has 0 unspecified atom stereocenters. The van der Waals surface area contributed by atoms with Crippen molar-refractivity contribution in [2.24, 2.45) is 0 Å². The van der Waals surface area contributed by atoms with E-state index in [4.69, 9.17) is 23.2 Å². The van der Waals surface area contributed by atoms with E-state index in [0.29, 0.717) is 28.6 Å². The van der Waals surface area contributed by atoms with Gasteiger partial charge in [-0.15, -0.1) is 11.3 Å². The van der Waals surface area contributed by atoms with Gasteiger partial charge in [0.15, 0.2) is 0 Å². The Labute approximate surface area is 153 Å². The number of benzene rings is 1. The van der Waals surface area contributed by atoms with Crippen LogP contribution in [0.4, 0.5) is 5.69 Å². The quantitative estimate of drug-likeness (QED) is 0.673. The maximum Gasteiger partial charge on any atom is 0.224 e. The molecule has 3 rings (SSSR count). The third-order valence-corrected chi connectivity index (χ3v) is 4.93. The van der Waals surface area contributed by atoms with Crippen molar-refractivity contribution in [3.63, 3.8) is 0 Å². The molecule has 1 aromatic carbocycles. The third-order valence-electron chi connectivity index (χ3n) is 3.28. The second kappa shape index (κ2) is 7.75. The van der Waals surface area contributed by atoms with Crippen LogP contribution in [0.25, 0.3) is 11.3 Å². The van der Waals surface area contributed by atoms with E-state index in [1.165, 1.54) is 11.3 Å². The third kappa shape index (κ3) is 4.32. The number of amides is 1. The number of hydrogen-bond acceptors (Lipinski definition) is 4. The lowest BCUT2D eigenvalue weighted by Gasteiger charge is -2.05. The Bertz CT molecular complexity index is 852. The normalized spacial score (nSPS) is 10.6. The summed E-state index contributed by atoms with van der Waals surface area (Å²) in [5, 5.41) is 6.57. The molecule has 7 heteroatoms. The summed E-state index contributed by atoms with van der Waals surface area (Å²) in [6, 6.07) is 8.84. The highest BCUT2D eigenvalue weighted by atomic mass is 35.5. The molecule has 122 valence electrons. The van der Waals surface area contributed by atoms with Crippen molar-refractivity contribution in [3.05, 3.63) is 63.2 Å². The smallest absolute Gasteiger partial charge is 0.224 e. The molecule has 0 saturated carbocycles. The van der Waals surface area contributed by atoms with E-state index in [1.54, 1.807) is 30.6 Å². The topological polar surface area (TPSA) is 54.9 Å². The van der Waals surface area contributed by atoms with Gasteiger partial charge in [-0.05, 0) is 30.3 Å². The van der Waals surface area contributed by atoms with Gasteiger partial charge in [0.2, 0.25) is 5.91 Å². The molecule has 1 amide bonds. The monoisotopic (exact) mass is 377 g/mol. The minimum atomic E-state index is -0.0912. The summed E-state index contributed by atoms with van der Waals surface area (Å²) in [4.78, 5) is 20.7. The molecule has 0 fully saturated rings. The lowest BCUT2D eigenvalue weighted by molar-refractivity contribution is -0.116. The van der Waals surface area contributed by atoms with Gasteiger partial charge >= 0.3 is 0 Å². The summed E-state index contributed by atoms with van der Waals surface area (Å²) in [5.74, 6) is -0.0912. The number of hydrogen-bond donors (Lipinski definition) is 1. The van der Waals surface area contributed by atoms with Crippen LogP contribution in [-0.2, 0) is 11.2 Å². The average Bonchev–Trinajstić information content (AvgIpc) is 3.06. The average molecular weight is 378 g/mol. The van der Waals surface area contributed by atoms with Crippen LogP contribution in [-0.4, -0.2) is 15.9 Å². The second-order valence-corrected chi connectivity index (χ2v) is 6.80. The van der Waals surface area contributed by atoms with Crippen molar-refractivity contribution in [2.75, 3.05) is 5.32 Å². The van der Waals surface area contributed by atoms with Gasteiger partial charge in [-0.1, -0.05) is 23.2 Å². The predicted octanol–water partition coefficient (Wildman–Crippen LogP) is 5.08. The Hall–Kier alpha value is -1.95. The number of carbonyl (C=O) groups is 1. The molecule has 3 aromatic rings. The minimum absolute atomic E-state index is 0.0912. The maximum atomic E-state index is 12.0. The van der Waals surface area contributed by atoms with Crippen molar-refractivity contribution in [3.8, 4) is 11.3 Å². The lowest BCUT2D eigenvalue weighted by Crippen LogP contribution is -2.12. The number of halogens is 2. The fraction of sp³-hybridized carbons (Fsp3) is 0.118. The van der Waals surface area contributed by atoms with Gasteiger partial charge in [0.25, 0.3) is 0 Å². The van der Waals surface area contributed by atoms with Gasteiger partial charge < -0.3 is 5.32 Å². The number of nitrogens with one attached hydrogen (secondary N) is 1. The van der Waals surface area contributed by atoms with Crippen molar-refractivity contribution in [1.82, 2.24) is 9.97 Å². The molecular weight excluding hydrogens is 365 g/mol. The van der Waals surface area contributed by atoms with Crippen LogP contribution in [0.2, 0.25) is 10.0 Å². The molecule has 0 aliphatic carbocycles. The Morgan fingerprint density at radius 2 is 2.08 bits per heavy atom. The second-order valence-electron chi connectivity index (χ2n) is 5.05. The first kappa shape index (κ1) is 16.9. The van der Waals surface area contributed by atoms with Gasteiger partial charge in [0, 0.05) is 41.9 Å². The fourth-order valence-electron chi connectivity index (χ4n) is 2.09. The molecule has 0 spiro atoms. The van der Waals surface area contributed by atoms with Crippen LogP contribution < -0.4 is 5.32 Å². The van der Waals surface area contributed by atoms with E-state index < -0.39 is 0 Å². The zero-order valence-electron chi connectivity index (χ0n) is 12.5. The van der Waals surface area contributed by atoms with Crippen LogP contribution in [0.5, 0.6) is 0 Å². The molecule has 2 heterocycles. The Morgan fingerprint density at radius 1 is 1.21 bits per heavy atom. The summed E-state index contributed by atoms with van der Waals surface area (Å²) < 4.78 is 0. The van der Waals surface area contributed by atoms with Crippen molar-refractivity contribution >= 4 is 46.1 Å². The van der Waals surface area contributed by atoms with E-state index >= 15 is 0 Å². The Balaban J connectivity index is 1.56. The summed E-state index contributed by atoms with van der Waals surface area (Å²) in [5.41, 5.74) is 2.48. The van der Waals surface area contributed by atoms with Crippen LogP contribution in [0, 0.1) is 0 Å². The lowest BCUT2D eigenvalue weighted by atomic mass is 10.2. The number of carbonyl (C=O) groups excluding carboxylic acids is 1. The molecule has 0 atom stereocenters. The number of pyridine rings is 1. The van der Waals surface area contributed by atoms with Crippen LogP contribution in [0.3, 0.4) is 0 Å². The highest BCUT2D eigenvalue weighted by Gasteiger charge is 2.09. The number of rotatable bonds is 5. The Kier molecular flexibility index (Phi) is 5.45. The zero-order chi connectivity index (χ0) is 16.9. The van der Waals surface area contributed by atoms with Crippen molar-refractivity contribution < 1.29 is 4.79 Å². The van der Waals surface area contributed by atoms with Crippen LogP contribution in [0.1, 0.15) is 11.4 Å². The first-order valence-electron chi connectivity index (χ1n) is 7.21. The van der Waals surface area contributed by atoms with Gasteiger partial charge in [-0.25, -0.2) is 4.98 Å². The van der Waals surface area contributed by atoms with Crippen LogP contribution >= 0.6 is 34.5 Å². The van der Waals surface area contributed by atoms with E-state index in [2.05, 4.69) is 15.3 Å². The maximum absolute atomic E-state index is 12.0. The highest BCUT2D eigenvalue weighted by molar-refractivity contribution is 7.09. The number of nitrogens with zero attached hydrogens (tertiary/aromatic N) is 2. The summed E-state index contributed by atoms with van der Waals surface area (Å²) in [7, 11) is 0. The molecule has 24 heavy (non-hydrogen) atoms. The van der Waals surface area contributed by atoms with Crippen LogP contribution in [0.15, 0.2) is 48.1 Å². The fourth-order valence-corrected chi connectivity index (χ4v) is 3.20. The molecule has 0 radical (unpaired) electrons. The largest absolute Gasteiger partial charge is 0.326 e. The Morgan fingerprint density at radius 3 is 2.83 bits per heavy atom. The number of aromatic nitrogens is 2. The molecular formula is C17H13Cl2N3OS. The standard InChI is InChI=1S/C17H13Cl2N3OS/c18-13-4-3-12(8-14(13)19)21-16(23)5-6-17-22-15(10-24-17)11-2-1-7-20-9-11/h1-4,7-10H,5-6H2,(H,21,23). The molecule has 0 aliphatic heterocycles. The minimum Gasteiger partial charge on any atom is -0.326 e. The highest BCUT2D eigenvalue weighted by Crippen LogP contribution is 2.25. The summed E-state index contributed by atoms with van der Waals surface area (Å²) >= 11 is 13.3. The number of thiazole rings is 1. The number of anilines is 1. The molecule has 2 aromatic heterocycles. The van der Waals surface area contributed by atoms with E-state index in [1.807, 2.05) is 17.5 Å². The van der Waals surface area contributed by atoms with Crippen molar-refractivity contribution in [1.29, 1.82) is 0 Å².